The maximum absolute atomic E-state index is 13.7. The Kier molecular flexibility index (Phi) is 4.86. The zero-order valence-electron chi connectivity index (χ0n) is 11.5. The quantitative estimate of drug-likeness (QED) is 0.801. The first kappa shape index (κ1) is 14.7. The highest BCUT2D eigenvalue weighted by molar-refractivity contribution is 5.88. The Labute approximate surface area is 118 Å². The molecule has 0 aliphatic heterocycles. The van der Waals surface area contributed by atoms with E-state index in [1.165, 1.54) is 12.1 Å². The zero-order valence-corrected chi connectivity index (χ0v) is 11.5. The average molecular weight is 275 g/mol. The fourth-order valence-corrected chi connectivity index (χ4v) is 2.64. The molecule has 1 atom stereocenters. The summed E-state index contributed by atoms with van der Waals surface area (Å²) in [5, 5.41) is 9.15. The smallest absolute Gasteiger partial charge is 0.154 e. The summed E-state index contributed by atoms with van der Waals surface area (Å²) >= 11 is 0. The molecule has 1 aliphatic carbocycles. The van der Waals surface area contributed by atoms with Gasteiger partial charge >= 0.3 is 0 Å². The summed E-state index contributed by atoms with van der Waals surface area (Å²) in [6.45, 7) is 2.63. The predicted molar refractivity (Wildman–Crippen MR) is 72.5 cm³/mol. The van der Waals surface area contributed by atoms with Gasteiger partial charge in [0.2, 0.25) is 0 Å². The van der Waals surface area contributed by atoms with Crippen LogP contribution in [0, 0.1) is 23.1 Å². The molecule has 0 saturated heterocycles. The molecule has 1 aromatic carbocycles. The Hall–Kier alpha value is -1.73. The van der Waals surface area contributed by atoms with Crippen molar-refractivity contribution in [1.82, 2.24) is 0 Å². The van der Waals surface area contributed by atoms with E-state index in [2.05, 4.69) is 0 Å². The van der Waals surface area contributed by atoms with Crippen molar-refractivity contribution < 1.29 is 13.9 Å². The summed E-state index contributed by atoms with van der Waals surface area (Å²) in [7, 11) is 0. The summed E-state index contributed by atoms with van der Waals surface area (Å²) in [4.78, 5) is 12.2. The highest BCUT2D eigenvalue weighted by atomic mass is 19.1. The van der Waals surface area contributed by atoms with Crippen molar-refractivity contribution in [2.45, 2.75) is 38.2 Å². The highest BCUT2D eigenvalue weighted by Crippen LogP contribution is 2.34. The van der Waals surface area contributed by atoms with Crippen LogP contribution in [0.25, 0.3) is 0 Å². The van der Waals surface area contributed by atoms with Gasteiger partial charge in [0.15, 0.2) is 5.78 Å². The van der Waals surface area contributed by atoms with E-state index in [0.29, 0.717) is 13.0 Å². The molecule has 106 valence electrons. The minimum Gasteiger partial charge on any atom is -0.378 e. The van der Waals surface area contributed by atoms with Gasteiger partial charge in [-0.1, -0.05) is 18.2 Å². The minimum atomic E-state index is -0.998. The third kappa shape index (κ3) is 3.23. The van der Waals surface area contributed by atoms with Crippen molar-refractivity contribution in [3.05, 3.63) is 35.6 Å². The van der Waals surface area contributed by atoms with E-state index in [1.807, 2.05) is 13.0 Å². The van der Waals surface area contributed by atoms with Crippen LogP contribution in [-0.4, -0.2) is 18.5 Å². The van der Waals surface area contributed by atoms with E-state index in [0.717, 1.165) is 12.8 Å². The molecule has 0 heterocycles. The maximum atomic E-state index is 13.7. The minimum absolute atomic E-state index is 0.181. The first-order chi connectivity index (χ1) is 9.65. The lowest BCUT2D eigenvalue weighted by molar-refractivity contribution is -0.122. The fourth-order valence-electron chi connectivity index (χ4n) is 2.64. The monoisotopic (exact) mass is 275 g/mol. The standard InChI is InChI=1S/C16H18FNO2/c1-2-20-12-7-11(8-12)9-16(19)14(10-18)13-5-3-4-6-15(13)17/h3-6,11-12,14H,2,7-9H2,1H3. The summed E-state index contributed by atoms with van der Waals surface area (Å²) in [5.74, 6) is -1.42. The van der Waals surface area contributed by atoms with E-state index >= 15 is 0 Å². The molecule has 0 radical (unpaired) electrons. The van der Waals surface area contributed by atoms with Gasteiger partial charge in [-0.05, 0) is 31.7 Å². The van der Waals surface area contributed by atoms with Crippen LogP contribution < -0.4 is 0 Å². The van der Waals surface area contributed by atoms with Crippen molar-refractivity contribution in [3.63, 3.8) is 0 Å². The predicted octanol–water partition coefficient (Wildman–Crippen LogP) is 3.21. The molecule has 3 nitrogen and oxygen atoms in total. The molecule has 1 aliphatic rings. The number of hydrogen-bond donors (Lipinski definition) is 0. The molecule has 4 heteroatoms. The van der Waals surface area contributed by atoms with Crippen LogP contribution in [-0.2, 0) is 9.53 Å². The first-order valence-electron chi connectivity index (χ1n) is 6.94. The molecule has 20 heavy (non-hydrogen) atoms. The van der Waals surface area contributed by atoms with Crippen LogP contribution >= 0.6 is 0 Å². The van der Waals surface area contributed by atoms with Crippen molar-refractivity contribution >= 4 is 5.78 Å². The first-order valence-corrected chi connectivity index (χ1v) is 6.94. The number of Topliss-reactive ketones (excluding diaryl/α,β-unsaturated/α-hetero) is 1. The maximum Gasteiger partial charge on any atom is 0.154 e. The van der Waals surface area contributed by atoms with Gasteiger partial charge < -0.3 is 4.74 Å². The molecule has 1 saturated carbocycles. The van der Waals surface area contributed by atoms with E-state index in [9.17, 15) is 9.18 Å². The normalized spacial score (nSPS) is 22.6. The van der Waals surface area contributed by atoms with E-state index < -0.39 is 11.7 Å². The van der Waals surface area contributed by atoms with E-state index in [1.54, 1.807) is 12.1 Å². The number of hydrogen-bond acceptors (Lipinski definition) is 3. The van der Waals surface area contributed by atoms with Crippen molar-refractivity contribution in [2.75, 3.05) is 6.61 Å². The SMILES string of the molecule is CCOC1CC(CC(=O)C(C#N)c2ccccc2F)C1. The molecular formula is C16H18FNO2. The van der Waals surface area contributed by atoms with Gasteiger partial charge in [-0.3, -0.25) is 4.79 Å². The van der Waals surface area contributed by atoms with Gasteiger partial charge in [0.25, 0.3) is 0 Å². The number of ether oxygens (including phenoxy) is 1. The zero-order chi connectivity index (χ0) is 14.5. The lowest BCUT2D eigenvalue weighted by Crippen LogP contribution is -2.33. The summed E-state index contributed by atoms with van der Waals surface area (Å²) < 4.78 is 19.1. The number of carbonyl (C=O) groups excluding carboxylic acids is 1. The molecule has 0 bridgehead atoms. The number of nitrogens with zero attached hydrogens (tertiary/aromatic N) is 1. The van der Waals surface area contributed by atoms with E-state index in [-0.39, 0.29) is 23.4 Å². The number of halogens is 1. The second kappa shape index (κ2) is 6.62. The third-order valence-electron chi connectivity index (χ3n) is 3.75. The second-order valence-electron chi connectivity index (χ2n) is 5.17. The van der Waals surface area contributed by atoms with Gasteiger partial charge in [-0.25, -0.2) is 4.39 Å². The lowest BCUT2D eigenvalue weighted by Gasteiger charge is -2.34. The van der Waals surface area contributed by atoms with Crippen LogP contribution in [0.5, 0.6) is 0 Å². The van der Waals surface area contributed by atoms with Crippen molar-refractivity contribution in [3.8, 4) is 6.07 Å². The molecule has 1 aromatic rings. The Bertz CT molecular complexity index is 517. The highest BCUT2D eigenvalue weighted by Gasteiger charge is 2.33. The Morgan fingerprint density at radius 2 is 2.20 bits per heavy atom. The van der Waals surface area contributed by atoms with Crippen LogP contribution in [0.3, 0.4) is 0 Å². The number of rotatable bonds is 6. The average Bonchev–Trinajstić information content (AvgIpc) is 2.39. The largest absolute Gasteiger partial charge is 0.378 e. The summed E-state index contributed by atoms with van der Waals surface area (Å²) in [6.07, 6.45) is 2.28. The molecule has 1 fully saturated rings. The van der Waals surface area contributed by atoms with Gasteiger partial charge in [0.1, 0.15) is 11.7 Å². The van der Waals surface area contributed by atoms with Crippen LogP contribution in [0.4, 0.5) is 4.39 Å². The van der Waals surface area contributed by atoms with Crippen LogP contribution in [0.1, 0.15) is 37.7 Å². The topological polar surface area (TPSA) is 50.1 Å². The molecule has 2 rings (SSSR count). The van der Waals surface area contributed by atoms with Crippen LogP contribution in [0.2, 0.25) is 0 Å². The summed E-state index contributed by atoms with van der Waals surface area (Å²) in [6, 6.07) is 7.91. The molecule has 0 spiro atoms. The van der Waals surface area contributed by atoms with Gasteiger partial charge in [0.05, 0.1) is 12.2 Å². The molecule has 0 aromatic heterocycles. The fraction of sp³-hybridized carbons (Fsp3) is 0.500. The third-order valence-corrected chi connectivity index (χ3v) is 3.75. The van der Waals surface area contributed by atoms with Crippen molar-refractivity contribution in [2.24, 2.45) is 5.92 Å². The molecule has 0 N–H and O–H groups in total. The number of benzene rings is 1. The number of ketones is 1. The number of nitriles is 1. The van der Waals surface area contributed by atoms with Crippen LogP contribution in [0.15, 0.2) is 24.3 Å². The van der Waals surface area contributed by atoms with Crippen molar-refractivity contribution in [1.29, 1.82) is 5.26 Å². The Morgan fingerprint density at radius 3 is 2.80 bits per heavy atom. The lowest BCUT2D eigenvalue weighted by atomic mass is 9.77. The van der Waals surface area contributed by atoms with Gasteiger partial charge in [0, 0.05) is 18.6 Å². The summed E-state index contributed by atoms with van der Waals surface area (Å²) in [5.41, 5.74) is 0.181. The Morgan fingerprint density at radius 1 is 1.50 bits per heavy atom. The molecular weight excluding hydrogens is 257 g/mol. The number of carbonyl (C=O) groups is 1. The molecule has 1 unspecified atom stereocenters. The second-order valence-corrected chi connectivity index (χ2v) is 5.17. The Balaban J connectivity index is 1.95. The van der Waals surface area contributed by atoms with E-state index in [4.69, 9.17) is 10.00 Å². The van der Waals surface area contributed by atoms with Gasteiger partial charge in [-0.2, -0.15) is 5.26 Å². The molecule has 0 amide bonds. The van der Waals surface area contributed by atoms with Gasteiger partial charge in [-0.15, -0.1) is 0 Å².